The van der Waals surface area contributed by atoms with E-state index in [0.717, 1.165) is 19.5 Å². The molecule has 0 amide bonds. The van der Waals surface area contributed by atoms with Gasteiger partial charge in [-0.1, -0.05) is 13.8 Å². The predicted octanol–water partition coefficient (Wildman–Crippen LogP) is 2.49. The number of nitrogens with zero attached hydrogens (tertiary/aromatic N) is 1. The van der Waals surface area contributed by atoms with E-state index in [9.17, 15) is 0 Å². The molecular weight excluding hydrogens is 254 g/mol. The van der Waals surface area contributed by atoms with Gasteiger partial charge in [-0.3, -0.25) is 0 Å². The fourth-order valence-corrected chi connectivity index (χ4v) is 4.16. The van der Waals surface area contributed by atoms with E-state index in [1.165, 1.54) is 22.0 Å². The Morgan fingerprint density at radius 3 is 2.95 bits per heavy atom. The summed E-state index contributed by atoms with van der Waals surface area (Å²) in [7, 11) is 2.03. The minimum Gasteiger partial charge on any atom is -0.317 e. The number of hydrogen-bond acceptors (Lipinski definition) is 4. The minimum atomic E-state index is 0.292. The van der Waals surface area contributed by atoms with Gasteiger partial charge in [-0.15, -0.1) is 11.3 Å². The first-order valence-electron chi connectivity index (χ1n) is 7.32. The Balaban J connectivity index is 2.32. The van der Waals surface area contributed by atoms with Gasteiger partial charge >= 0.3 is 0 Å². The smallest absolute Gasteiger partial charge is 0.0900 e. The van der Waals surface area contributed by atoms with Crippen LogP contribution >= 0.6 is 11.3 Å². The molecule has 0 saturated carbocycles. The Bertz CT molecular complexity index is 429. The van der Waals surface area contributed by atoms with Gasteiger partial charge in [0.05, 0.1) is 10.7 Å². The molecular formula is C15H27N3S. The summed E-state index contributed by atoms with van der Waals surface area (Å²) in [5, 5.41) is 8.05. The molecule has 3 atom stereocenters. The number of aromatic nitrogens is 1. The molecule has 0 aromatic carbocycles. The third kappa shape index (κ3) is 3.01. The average molecular weight is 281 g/mol. The van der Waals surface area contributed by atoms with E-state index in [0.29, 0.717) is 17.4 Å². The Morgan fingerprint density at radius 1 is 1.58 bits per heavy atom. The topological polar surface area (TPSA) is 37.0 Å². The quantitative estimate of drug-likeness (QED) is 0.890. The molecule has 0 aliphatic carbocycles. The zero-order chi connectivity index (χ0) is 14.0. The maximum atomic E-state index is 4.81. The number of aryl methyl sites for hydroxylation is 1. The largest absolute Gasteiger partial charge is 0.317 e. The molecule has 19 heavy (non-hydrogen) atoms. The van der Waals surface area contributed by atoms with Crippen molar-refractivity contribution in [1.29, 1.82) is 0 Å². The normalized spacial score (nSPS) is 29.4. The molecule has 1 aliphatic heterocycles. The standard InChI is InChI=1S/C15H27N3S/c1-10-9-17-7-6-15(10,4)14-13(8-11(2)16-5)18-12(3)19-14/h10-11,16-17H,6-9H2,1-5H3. The molecule has 2 rings (SSSR count). The lowest BCUT2D eigenvalue weighted by molar-refractivity contribution is 0.240. The molecule has 1 saturated heterocycles. The zero-order valence-corrected chi connectivity index (χ0v) is 13.7. The maximum absolute atomic E-state index is 4.81. The first-order chi connectivity index (χ1) is 8.97. The highest BCUT2D eigenvalue weighted by molar-refractivity contribution is 7.11. The van der Waals surface area contributed by atoms with Crippen LogP contribution in [-0.4, -0.2) is 31.2 Å². The highest BCUT2D eigenvalue weighted by Gasteiger charge is 2.38. The first kappa shape index (κ1) is 14.9. The summed E-state index contributed by atoms with van der Waals surface area (Å²) in [6.07, 6.45) is 2.25. The fourth-order valence-electron chi connectivity index (χ4n) is 2.92. The first-order valence-corrected chi connectivity index (χ1v) is 8.13. The van der Waals surface area contributed by atoms with Crippen LogP contribution in [0.15, 0.2) is 0 Å². The number of thiazole rings is 1. The Hall–Kier alpha value is -0.450. The van der Waals surface area contributed by atoms with Gasteiger partial charge in [-0.25, -0.2) is 4.98 Å². The van der Waals surface area contributed by atoms with Gasteiger partial charge in [0.25, 0.3) is 0 Å². The van der Waals surface area contributed by atoms with Crippen molar-refractivity contribution in [2.75, 3.05) is 20.1 Å². The number of nitrogens with one attached hydrogen (secondary N) is 2. The van der Waals surface area contributed by atoms with E-state index < -0.39 is 0 Å². The lowest BCUT2D eigenvalue weighted by Gasteiger charge is -2.40. The molecule has 0 spiro atoms. The van der Waals surface area contributed by atoms with Crippen LogP contribution in [0.3, 0.4) is 0 Å². The van der Waals surface area contributed by atoms with Crippen molar-refractivity contribution in [1.82, 2.24) is 15.6 Å². The van der Waals surface area contributed by atoms with E-state index in [1.807, 2.05) is 18.4 Å². The summed E-state index contributed by atoms with van der Waals surface area (Å²) >= 11 is 1.91. The second kappa shape index (κ2) is 5.90. The third-order valence-corrected chi connectivity index (χ3v) is 5.97. The molecule has 0 bridgehead atoms. The number of hydrogen-bond donors (Lipinski definition) is 2. The Kier molecular flexibility index (Phi) is 4.64. The summed E-state index contributed by atoms with van der Waals surface area (Å²) in [5.41, 5.74) is 1.61. The molecule has 0 radical (unpaired) electrons. The van der Waals surface area contributed by atoms with Crippen LogP contribution < -0.4 is 10.6 Å². The molecule has 3 nitrogen and oxygen atoms in total. The summed E-state index contributed by atoms with van der Waals surface area (Å²) < 4.78 is 0. The Morgan fingerprint density at radius 2 is 2.32 bits per heavy atom. The molecule has 2 N–H and O–H groups in total. The number of likely N-dealkylation sites (N-methyl/N-ethyl adjacent to an activating group) is 1. The van der Waals surface area contributed by atoms with Crippen molar-refractivity contribution in [3.05, 3.63) is 15.6 Å². The van der Waals surface area contributed by atoms with Crippen LogP contribution in [0.4, 0.5) is 0 Å². The van der Waals surface area contributed by atoms with Crippen LogP contribution in [0.25, 0.3) is 0 Å². The molecule has 2 heterocycles. The van der Waals surface area contributed by atoms with Crippen LogP contribution in [0.1, 0.15) is 42.8 Å². The van der Waals surface area contributed by atoms with Crippen molar-refractivity contribution in [2.24, 2.45) is 5.92 Å². The van der Waals surface area contributed by atoms with Crippen molar-refractivity contribution in [3.8, 4) is 0 Å². The second-order valence-corrected chi connectivity index (χ2v) is 7.38. The molecule has 1 aromatic heterocycles. The van der Waals surface area contributed by atoms with Gasteiger partial charge in [-0.2, -0.15) is 0 Å². The minimum absolute atomic E-state index is 0.292. The molecule has 4 heteroatoms. The second-order valence-electron chi connectivity index (χ2n) is 6.18. The molecule has 1 aliphatic rings. The van der Waals surface area contributed by atoms with Crippen LogP contribution in [0.2, 0.25) is 0 Å². The highest BCUT2D eigenvalue weighted by Crippen LogP contribution is 2.42. The van der Waals surface area contributed by atoms with E-state index in [1.54, 1.807) is 0 Å². The van der Waals surface area contributed by atoms with Crippen molar-refractivity contribution >= 4 is 11.3 Å². The summed E-state index contributed by atoms with van der Waals surface area (Å²) in [6, 6.07) is 0.487. The van der Waals surface area contributed by atoms with Gasteiger partial charge in [0.15, 0.2) is 0 Å². The lowest BCUT2D eigenvalue weighted by Crippen LogP contribution is -2.45. The van der Waals surface area contributed by atoms with Gasteiger partial charge in [0.2, 0.25) is 0 Å². The molecule has 1 fully saturated rings. The molecule has 108 valence electrons. The van der Waals surface area contributed by atoms with Crippen LogP contribution in [0, 0.1) is 12.8 Å². The van der Waals surface area contributed by atoms with Crippen molar-refractivity contribution < 1.29 is 0 Å². The average Bonchev–Trinajstić information content (AvgIpc) is 2.74. The van der Waals surface area contributed by atoms with Gasteiger partial charge < -0.3 is 10.6 Å². The van der Waals surface area contributed by atoms with Crippen LogP contribution in [-0.2, 0) is 11.8 Å². The molecule has 3 unspecified atom stereocenters. The Labute approximate surface area is 121 Å². The number of piperidine rings is 1. The predicted molar refractivity (Wildman–Crippen MR) is 83.1 cm³/mol. The van der Waals surface area contributed by atoms with E-state index in [4.69, 9.17) is 4.98 Å². The maximum Gasteiger partial charge on any atom is 0.0900 e. The van der Waals surface area contributed by atoms with Gasteiger partial charge in [0, 0.05) is 22.8 Å². The van der Waals surface area contributed by atoms with Crippen LogP contribution in [0.5, 0.6) is 0 Å². The summed E-state index contributed by atoms with van der Waals surface area (Å²) in [5.74, 6) is 0.671. The summed E-state index contributed by atoms with van der Waals surface area (Å²) in [4.78, 5) is 6.34. The van der Waals surface area contributed by atoms with Crippen molar-refractivity contribution in [3.63, 3.8) is 0 Å². The summed E-state index contributed by atoms with van der Waals surface area (Å²) in [6.45, 7) is 11.4. The SMILES string of the molecule is CNC(C)Cc1nc(C)sc1C1(C)CCNCC1C. The number of rotatable bonds is 4. The van der Waals surface area contributed by atoms with E-state index in [-0.39, 0.29) is 0 Å². The lowest BCUT2D eigenvalue weighted by atomic mass is 9.71. The van der Waals surface area contributed by atoms with Crippen molar-refractivity contribution in [2.45, 2.75) is 52.0 Å². The van der Waals surface area contributed by atoms with Gasteiger partial charge in [-0.05, 0) is 46.3 Å². The van der Waals surface area contributed by atoms with Gasteiger partial charge in [0.1, 0.15) is 0 Å². The highest BCUT2D eigenvalue weighted by atomic mass is 32.1. The monoisotopic (exact) mass is 281 g/mol. The fraction of sp³-hybridized carbons (Fsp3) is 0.800. The molecule has 1 aromatic rings. The van der Waals surface area contributed by atoms with E-state index in [2.05, 4.69) is 38.3 Å². The zero-order valence-electron chi connectivity index (χ0n) is 12.8. The van der Waals surface area contributed by atoms with E-state index >= 15 is 0 Å². The third-order valence-electron chi connectivity index (χ3n) is 4.67.